The molecular formula is C28H49BFN4O4+. The Labute approximate surface area is 229 Å². The highest BCUT2D eigenvalue weighted by Crippen LogP contribution is 2.28. The Morgan fingerprint density at radius 1 is 0.974 bits per heavy atom. The molecule has 0 spiro atoms. The zero-order valence-corrected chi connectivity index (χ0v) is 24.6. The first-order valence-corrected chi connectivity index (χ1v) is 14.1. The fourth-order valence-corrected chi connectivity index (χ4v) is 4.10. The van der Waals surface area contributed by atoms with Crippen molar-refractivity contribution in [3.63, 3.8) is 0 Å². The highest BCUT2D eigenvalue weighted by molar-refractivity contribution is 6.43. The van der Waals surface area contributed by atoms with E-state index >= 15 is 4.32 Å². The van der Waals surface area contributed by atoms with Gasteiger partial charge in [-0.1, -0.05) is 34.6 Å². The molecule has 8 nitrogen and oxygen atoms in total. The molecule has 2 aliphatic heterocycles. The van der Waals surface area contributed by atoms with Crippen LogP contribution in [0.3, 0.4) is 0 Å². The molecule has 0 atom stereocenters. The summed E-state index contributed by atoms with van der Waals surface area (Å²) in [5.74, 6) is -0.0750. The average molecular weight is 536 g/mol. The molecule has 0 fully saturated rings. The van der Waals surface area contributed by atoms with Crippen molar-refractivity contribution in [1.82, 2.24) is 15.1 Å². The highest BCUT2D eigenvalue weighted by atomic mass is 19.1. The summed E-state index contributed by atoms with van der Waals surface area (Å²) in [6.45, 7) is 19.4. The minimum atomic E-state index is -1.29. The van der Waals surface area contributed by atoms with Gasteiger partial charge in [-0.2, -0.15) is 0 Å². The molecule has 0 saturated carbocycles. The standard InChI is InChI=1S/C24H36BFN4O4.2C2H6/c1-4-27-9-11-32-13-15-34-16-14-33-12-10-28-24(31)8-7-21-5-6-22-18-23-19(2)17-20(3)29(23)25(26)30(21)22;2*1-2/h5-6,17-18,27H,4,7-16H2,1-3H3;2*1-2H3/p+1. The van der Waals surface area contributed by atoms with Gasteiger partial charge in [0.25, 0.3) is 0 Å². The largest absolute Gasteiger partial charge is 0.846 e. The highest BCUT2D eigenvalue weighted by Gasteiger charge is 2.47. The number of rotatable bonds is 16. The van der Waals surface area contributed by atoms with Gasteiger partial charge in [0, 0.05) is 55.5 Å². The Hall–Kier alpha value is -2.27. The van der Waals surface area contributed by atoms with E-state index in [4.69, 9.17) is 14.2 Å². The summed E-state index contributed by atoms with van der Waals surface area (Å²) in [5.41, 5.74) is 4.49. The van der Waals surface area contributed by atoms with Crippen molar-refractivity contribution in [1.29, 1.82) is 0 Å². The van der Waals surface area contributed by atoms with Gasteiger partial charge >= 0.3 is 7.26 Å². The van der Waals surface area contributed by atoms with E-state index in [2.05, 4.69) is 17.6 Å². The van der Waals surface area contributed by atoms with E-state index in [1.807, 2.05) is 65.8 Å². The van der Waals surface area contributed by atoms with Crippen LogP contribution in [0.25, 0.3) is 6.08 Å². The van der Waals surface area contributed by atoms with Crippen LogP contribution in [-0.2, 0) is 19.0 Å². The Kier molecular flexibility index (Phi) is 17.6. The van der Waals surface area contributed by atoms with Crippen molar-refractivity contribution >= 4 is 25.0 Å². The monoisotopic (exact) mass is 535 g/mol. The number of halogens is 1. The molecule has 3 rings (SSSR count). The van der Waals surface area contributed by atoms with Gasteiger partial charge in [-0.3, -0.25) is 9.27 Å². The lowest BCUT2D eigenvalue weighted by molar-refractivity contribution is -0.335. The molecule has 0 bridgehead atoms. The van der Waals surface area contributed by atoms with E-state index in [-0.39, 0.29) is 5.91 Å². The SMILES string of the molecule is CC.CC.CCNCCOCCOCCOCCNC(=O)CCC1=[N+]2B(F)n3c(C)cc(C)c3C=C2C=C1. The number of hydrogen-bond acceptors (Lipinski definition) is 5. The lowest BCUT2D eigenvalue weighted by Gasteiger charge is -2.15. The molecule has 0 aromatic carbocycles. The smallest absolute Gasteiger partial charge is 0.378 e. The van der Waals surface area contributed by atoms with Gasteiger partial charge in [0.05, 0.1) is 39.6 Å². The van der Waals surface area contributed by atoms with Crippen molar-refractivity contribution in [2.75, 3.05) is 59.3 Å². The van der Waals surface area contributed by atoms with Gasteiger partial charge in [0.1, 0.15) is 0 Å². The molecule has 2 N–H and O–H groups in total. The van der Waals surface area contributed by atoms with E-state index in [1.165, 1.54) is 0 Å². The number of fused-ring (bicyclic) bond motifs is 2. The number of likely N-dealkylation sites (N-methyl/N-ethyl adjacent to an activating group) is 1. The zero-order valence-electron chi connectivity index (χ0n) is 24.6. The van der Waals surface area contributed by atoms with Crippen LogP contribution in [-0.4, -0.2) is 87.1 Å². The number of ether oxygens (including phenoxy) is 3. The minimum absolute atomic E-state index is 0.0750. The maximum Gasteiger partial charge on any atom is 0.846 e. The van der Waals surface area contributed by atoms with Crippen LogP contribution in [0.2, 0.25) is 0 Å². The molecule has 1 aromatic rings. The first-order chi connectivity index (χ1) is 18.5. The summed E-state index contributed by atoms with van der Waals surface area (Å²) in [5, 5.41) is 6.04. The van der Waals surface area contributed by atoms with Crippen molar-refractivity contribution < 1.29 is 27.8 Å². The number of hydrogen-bond donors (Lipinski definition) is 2. The predicted molar refractivity (Wildman–Crippen MR) is 154 cm³/mol. The third kappa shape index (κ3) is 10.5. The molecular weight excluding hydrogens is 486 g/mol. The normalized spacial score (nSPS) is 13.3. The van der Waals surface area contributed by atoms with Gasteiger partial charge < -0.3 is 24.8 Å². The Morgan fingerprint density at radius 2 is 1.58 bits per heavy atom. The number of carbonyl (C=O) groups is 1. The Balaban J connectivity index is 0.00000172. The summed E-state index contributed by atoms with van der Waals surface area (Å²) < 4.78 is 35.0. The fourth-order valence-electron chi connectivity index (χ4n) is 4.10. The third-order valence-electron chi connectivity index (χ3n) is 5.81. The first kappa shape index (κ1) is 33.8. The molecule has 0 aliphatic carbocycles. The maximum atomic E-state index is 15.3. The number of nitrogens with zero attached hydrogens (tertiary/aromatic N) is 2. The number of carbonyl (C=O) groups excluding carboxylic acids is 1. The number of aryl methyl sites for hydroxylation is 2. The third-order valence-corrected chi connectivity index (χ3v) is 5.81. The van der Waals surface area contributed by atoms with Gasteiger partial charge in [-0.25, -0.2) is 8.80 Å². The van der Waals surface area contributed by atoms with Crippen molar-refractivity contribution in [3.05, 3.63) is 40.9 Å². The number of nitrogens with one attached hydrogen (secondary N) is 2. The zero-order chi connectivity index (χ0) is 28.3. The Morgan fingerprint density at radius 3 is 2.21 bits per heavy atom. The van der Waals surface area contributed by atoms with Gasteiger partial charge in [-0.05, 0) is 32.0 Å². The number of allylic oxidation sites excluding steroid dienone is 2. The molecule has 2 aliphatic rings. The molecule has 3 heterocycles. The molecule has 38 heavy (non-hydrogen) atoms. The summed E-state index contributed by atoms with van der Waals surface area (Å²) in [4.78, 5) is 12.2. The van der Waals surface area contributed by atoms with E-state index in [0.29, 0.717) is 59.0 Å². The van der Waals surface area contributed by atoms with Crippen molar-refractivity contribution in [2.45, 2.75) is 61.3 Å². The minimum Gasteiger partial charge on any atom is -0.378 e. The van der Waals surface area contributed by atoms with Gasteiger partial charge in [0.15, 0.2) is 11.4 Å². The van der Waals surface area contributed by atoms with Crippen LogP contribution in [0.15, 0.2) is 23.9 Å². The quantitative estimate of drug-likeness (QED) is 0.248. The van der Waals surface area contributed by atoms with Gasteiger partial charge in [0.2, 0.25) is 5.91 Å². The topological polar surface area (TPSA) is 76.8 Å². The van der Waals surface area contributed by atoms with Crippen LogP contribution < -0.4 is 10.6 Å². The number of amides is 1. The van der Waals surface area contributed by atoms with Crippen LogP contribution in [0.5, 0.6) is 0 Å². The van der Waals surface area contributed by atoms with E-state index in [9.17, 15) is 4.79 Å². The summed E-state index contributed by atoms with van der Waals surface area (Å²) in [7, 11) is -1.29. The van der Waals surface area contributed by atoms with Crippen LogP contribution in [0.1, 0.15) is 64.4 Å². The van der Waals surface area contributed by atoms with E-state index in [1.54, 1.807) is 8.96 Å². The summed E-state index contributed by atoms with van der Waals surface area (Å²) in [6.07, 6.45) is 6.58. The summed E-state index contributed by atoms with van der Waals surface area (Å²) in [6, 6.07) is 1.99. The first-order valence-electron chi connectivity index (χ1n) is 14.1. The fraction of sp³-hybridized carbons (Fsp3) is 0.643. The molecule has 1 amide bonds. The predicted octanol–water partition coefficient (Wildman–Crippen LogP) is 3.89. The van der Waals surface area contributed by atoms with Crippen molar-refractivity contribution in [2.24, 2.45) is 0 Å². The van der Waals surface area contributed by atoms with E-state index in [0.717, 1.165) is 41.4 Å². The van der Waals surface area contributed by atoms with E-state index < -0.39 is 7.26 Å². The van der Waals surface area contributed by atoms with Crippen LogP contribution in [0, 0.1) is 13.8 Å². The van der Waals surface area contributed by atoms with Crippen LogP contribution >= 0.6 is 0 Å². The molecule has 1 aromatic heterocycles. The lowest BCUT2D eigenvalue weighted by Crippen LogP contribution is -2.39. The molecule has 0 radical (unpaired) electrons. The van der Waals surface area contributed by atoms with Crippen LogP contribution in [0.4, 0.5) is 4.32 Å². The summed E-state index contributed by atoms with van der Waals surface area (Å²) >= 11 is 0. The molecule has 0 unspecified atom stereocenters. The maximum absolute atomic E-state index is 15.3. The molecule has 10 heteroatoms. The second-order valence-corrected chi connectivity index (χ2v) is 8.34. The molecule has 214 valence electrons. The number of aromatic nitrogens is 1. The average Bonchev–Trinajstić information content (AvgIpc) is 3.48. The molecule has 0 saturated heterocycles. The Bertz CT molecular complexity index is 930. The second-order valence-electron chi connectivity index (χ2n) is 8.34. The second kappa shape index (κ2) is 19.8. The van der Waals surface area contributed by atoms with Gasteiger partial charge in [-0.15, -0.1) is 0 Å². The lowest BCUT2D eigenvalue weighted by atomic mass is 9.96. The van der Waals surface area contributed by atoms with Crippen molar-refractivity contribution in [3.8, 4) is 0 Å².